The van der Waals surface area contributed by atoms with Crippen molar-refractivity contribution in [1.29, 1.82) is 0 Å². The lowest BCUT2D eigenvalue weighted by molar-refractivity contribution is 1.17. The first kappa shape index (κ1) is 25.8. The largest absolute Gasteiger partial charge is 0.309 e. The normalized spacial score (nSPS) is 12.2. The molecule has 0 saturated carbocycles. The predicted octanol–water partition coefficient (Wildman–Crippen LogP) is 12.3. The summed E-state index contributed by atoms with van der Waals surface area (Å²) >= 11 is 0. The predicted molar refractivity (Wildman–Crippen MR) is 202 cm³/mol. The second-order valence-corrected chi connectivity index (χ2v) is 12.9. The monoisotopic (exact) mass is 608 g/mol. The Morgan fingerprint density at radius 3 is 1.54 bits per heavy atom. The van der Waals surface area contributed by atoms with Crippen molar-refractivity contribution in [3.63, 3.8) is 0 Å². The van der Waals surface area contributed by atoms with Gasteiger partial charge in [0.1, 0.15) is 0 Å². The number of nitrogens with zero attached hydrogens (tertiary/aromatic N) is 2. The number of hydrogen-bond acceptors (Lipinski definition) is 0. The van der Waals surface area contributed by atoms with Gasteiger partial charge in [0.2, 0.25) is 0 Å². The minimum absolute atomic E-state index is 1.16. The highest BCUT2D eigenvalue weighted by atomic mass is 15.0. The third kappa shape index (κ3) is 3.41. The third-order valence-corrected chi connectivity index (χ3v) is 10.4. The Balaban J connectivity index is 1.20. The smallest absolute Gasteiger partial charge is 0.0548 e. The summed E-state index contributed by atoms with van der Waals surface area (Å²) in [6, 6.07) is 62.4. The van der Waals surface area contributed by atoms with Gasteiger partial charge in [0.25, 0.3) is 0 Å². The molecule has 2 aromatic heterocycles. The lowest BCUT2D eigenvalue weighted by Crippen LogP contribution is -1.95. The fourth-order valence-corrected chi connectivity index (χ4v) is 8.45. The fraction of sp³-hybridized carbons (Fsp3) is 0. The molecule has 48 heavy (non-hydrogen) atoms. The quantitative estimate of drug-likeness (QED) is 0.189. The van der Waals surface area contributed by atoms with Crippen molar-refractivity contribution in [3.8, 4) is 44.8 Å². The average molecular weight is 609 g/mol. The van der Waals surface area contributed by atoms with Gasteiger partial charge < -0.3 is 9.13 Å². The average Bonchev–Trinajstić information content (AvgIpc) is 3.79. The number of hydrogen-bond donors (Lipinski definition) is 0. The molecule has 0 N–H and O–H groups in total. The lowest BCUT2D eigenvalue weighted by atomic mass is 10.0. The Bertz CT molecular complexity index is 2930. The molecule has 10 aromatic rings. The van der Waals surface area contributed by atoms with Crippen LogP contribution in [0.1, 0.15) is 0 Å². The molecule has 0 fully saturated rings. The summed E-state index contributed by atoms with van der Waals surface area (Å²) in [5.41, 5.74) is 14.9. The Hall–Kier alpha value is -6.38. The molecule has 0 aliphatic heterocycles. The molecular formula is C46H28N2. The van der Waals surface area contributed by atoms with Crippen molar-refractivity contribution < 1.29 is 0 Å². The lowest BCUT2D eigenvalue weighted by Gasteiger charge is -2.12. The molecule has 1 aliphatic carbocycles. The van der Waals surface area contributed by atoms with Crippen LogP contribution in [0.3, 0.4) is 0 Å². The van der Waals surface area contributed by atoms with Gasteiger partial charge in [0.05, 0.1) is 22.1 Å². The van der Waals surface area contributed by atoms with Crippen LogP contribution in [0, 0.1) is 0 Å². The van der Waals surface area contributed by atoms with Crippen molar-refractivity contribution in [2.24, 2.45) is 0 Å². The zero-order valence-corrected chi connectivity index (χ0v) is 26.1. The van der Waals surface area contributed by atoms with E-state index in [2.05, 4.69) is 179 Å². The maximum Gasteiger partial charge on any atom is 0.0548 e. The topological polar surface area (TPSA) is 9.86 Å². The molecule has 1 aliphatic rings. The number of fused-ring (bicyclic) bond motifs is 10. The molecule has 0 amide bonds. The Labute approximate surface area is 277 Å². The van der Waals surface area contributed by atoms with Crippen molar-refractivity contribution >= 4 is 54.4 Å². The van der Waals surface area contributed by atoms with E-state index in [1.165, 1.54) is 93.5 Å². The molecular weight excluding hydrogens is 581 g/mol. The highest BCUT2D eigenvalue weighted by Crippen LogP contribution is 2.49. The molecule has 11 rings (SSSR count). The fourth-order valence-electron chi connectivity index (χ4n) is 8.45. The van der Waals surface area contributed by atoms with Crippen LogP contribution in [-0.2, 0) is 0 Å². The zero-order valence-electron chi connectivity index (χ0n) is 26.1. The van der Waals surface area contributed by atoms with Gasteiger partial charge in [-0.15, -0.1) is 0 Å². The van der Waals surface area contributed by atoms with Crippen LogP contribution in [0.15, 0.2) is 170 Å². The Kier molecular flexibility index (Phi) is 5.14. The third-order valence-electron chi connectivity index (χ3n) is 10.4. The molecule has 2 heterocycles. The summed E-state index contributed by atoms with van der Waals surface area (Å²) < 4.78 is 4.91. The van der Waals surface area contributed by atoms with Gasteiger partial charge in [-0.05, 0) is 92.7 Å². The van der Waals surface area contributed by atoms with E-state index in [0.717, 1.165) is 5.69 Å². The standard InChI is InChI=1S/C46H28N2/c1-2-11-29(12-3-1)31-15-8-16-32(27-31)47-40-21-6-4-17-37(40)45-42(47)25-26-43-46(45)38-18-5-7-22-41(38)48(43)33-23-24-34-35-19-9-13-30-14-10-20-36(44(30)35)39(34)28-33/h1-28H. The first-order chi connectivity index (χ1) is 23.8. The molecule has 8 aromatic carbocycles. The highest BCUT2D eigenvalue weighted by Gasteiger charge is 2.24. The second-order valence-electron chi connectivity index (χ2n) is 12.9. The van der Waals surface area contributed by atoms with E-state index in [4.69, 9.17) is 0 Å². The Morgan fingerprint density at radius 2 is 0.854 bits per heavy atom. The van der Waals surface area contributed by atoms with Gasteiger partial charge in [0, 0.05) is 32.9 Å². The molecule has 0 atom stereocenters. The van der Waals surface area contributed by atoms with Gasteiger partial charge in [-0.25, -0.2) is 0 Å². The first-order valence-corrected chi connectivity index (χ1v) is 16.6. The highest BCUT2D eigenvalue weighted by molar-refractivity contribution is 6.29. The molecule has 0 saturated heterocycles. The number of rotatable bonds is 3. The molecule has 0 unspecified atom stereocenters. The van der Waals surface area contributed by atoms with Crippen LogP contribution in [-0.4, -0.2) is 9.13 Å². The number of aromatic nitrogens is 2. The number of para-hydroxylation sites is 2. The summed E-state index contributed by atoms with van der Waals surface area (Å²) in [4.78, 5) is 0. The maximum atomic E-state index is 2.47. The van der Waals surface area contributed by atoms with Crippen LogP contribution in [0.5, 0.6) is 0 Å². The molecule has 2 heteroatoms. The van der Waals surface area contributed by atoms with Gasteiger partial charge in [0.15, 0.2) is 0 Å². The summed E-state index contributed by atoms with van der Waals surface area (Å²) in [7, 11) is 0. The van der Waals surface area contributed by atoms with Crippen LogP contribution in [0.2, 0.25) is 0 Å². The van der Waals surface area contributed by atoms with Crippen molar-refractivity contribution in [2.45, 2.75) is 0 Å². The minimum Gasteiger partial charge on any atom is -0.309 e. The van der Waals surface area contributed by atoms with Gasteiger partial charge in [-0.3, -0.25) is 0 Å². The molecule has 0 spiro atoms. The molecule has 0 radical (unpaired) electrons. The van der Waals surface area contributed by atoms with E-state index in [-0.39, 0.29) is 0 Å². The van der Waals surface area contributed by atoms with Gasteiger partial charge in [-0.1, -0.05) is 121 Å². The maximum absolute atomic E-state index is 2.47. The molecule has 2 nitrogen and oxygen atoms in total. The summed E-state index contributed by atoms with van der Waals surface area (Å²) in [5, 5.41) is 7.78. The number of benzene rings is 8. The van der Waals surface area contributed by atoms with Crippen LogP contribution in [0.4, 0.5) is 0 Å². The van der Waals surface area contributed by atoms with E-state index in [9.17, 15) is 0 Å². The van der Waals surface area contributed by atoms with E-state index in [0.29, 0.717) is 0 Å². The Morgan fingerprint density at radius 1 is 0.292 bits per heavy atom. The van der Waals surface area contributed by atoms with Crippen LogP contribution in [0.25, 0.3) is 99.1 Å². The summed E-state index contributed by atoms with van der Waals surface area (Å²) in [6.07, 6.45) is 0. The van der Waals surface area contributed by atoms with Crippen molar-refractivity contribution in [2.75, 3.05) is 0 Å². The summed E-state index contributed by atoms with van der Waals surface area (Å²) in [6.45, 7) is 0. The van der Waals surface area contributed by atoms with E-state index < -0.39 is 0 Å². The second kappa shape index (κ2) is 9.57. The van der Waals surface area contributed by atoms with E-state index >= 15 is 0 Å². The molecule has 222 valence electrons. The van der Waals surface area contributed by atoms with Gasteiger partial charge >= 0.3 is 0 Å². The molecule has 0 bridgehead atoms. The first-order valence-electron chi connectivity index (χ1n) is 16.6. The van der Waals surface area contributed by atoms with Crippen LogP contribution < -0.4 is 0 Å². The summed E-state index contributed by atoms with van der Waals surface area (Å²) in [5.74, 6) is 0. The van der Waals surface area contributed by atoms with E-state index in [1.807, 2.05) is 0 Å². The minimum atomic E-state index is 1.16. The SMILES string of the molecule is c1ccc(-c2cccc(-n3c4ccccc4c4c5c6ccccc6n(-c6ccc7c(c6)-c6cccc8cccc-7c68)c5ccc43)c2)cc1. The van der Waals surface area contributed by atoms with Crippen molar-refractivity contribution in [3.05, 3.63) is 170 Å². The zero-order chi connectivity index (χ0) is 31.3. The van der Waals surface area contributed by atoms with Crippen LogP contribution >= 0.6 is 0 Å². The van der Waals surface area contributed by atoms with Crippen molar-refractivity contribution in [1.82, 2.24) is 9.13 Å². The van der Waals surface area contributed by atoms with E-state index in [1.54, 1.807) is 0 Å². The van der Waals surface area contributed by atoms with Gasteiger partial charge in [-0.2, -0.15) is 0 Å².